The van der Waals surface area contributed by atoms with Crippen LogP contribution in [-0.4, -0.2) is 19.5 Å². The maximum atomic E-state index is 15.1. The predicted molar refractivity (Wildman–Crippen MR) is 134 cm³/mol. The summed E-state index contributed by atoms with van der Waals surface area (Å²) in [5.41, 5.74) is 1.66. The Balaban J connectivity index is 1.50. The third-order valence-electron chi connectivity index (χ3n) is 6.51. The Hall–Kier alpha value is -2.96. The van der Waals surface area contributed by atoms with Crippen molar-refractivity contribution in [1.82, 2.24) is 0 Å². The highest BCUT2D eigenvalue weighted by molar-refractivity contribution is 5.71. The number of hydrogen-bond acceptors (Lipinski definition) is 2. The van der Waals surface area contributed by atoms with E-state index in [9.17, 15) is 8.78 Å². The molecule has 1 fully saturated rings. The van der Waals surface area contributed by atoms with Crippen LogP contribution in [0.25, 0.3) is 22.3 Å². The summed E-state index contributed by atoms with van der Waals surface area (Å²) in [6.07, 6.45) is 6.35. The van der Waals surface area contributed by atoms with Crippen molar-refractivity contribution in [3.8, 4) is 22.3 Å². The van der Waals surface area contributed by atoms with Gasteiger partial charge in [-0.1, -0.05) is 74.0 Å². The molecule has 3 aromatic carbocycles. The Labute approximate surface area is 209 Å². The Kier molecular flexibility index (Phi) is 8.60. The molecule has 1 heterocycles. The summed E-state index contributed by atoms with van der Waals surface area (Å²) >= 11 is 0. The fraction of sp³-hybridized carbons (Fsp3) is 0.333. The van der Waals surface area contributed by atoms with Crippen LogP contribution in [-0.2, 0) is 15.9 Å². The number of rotatable bonds is 8. The molecule has 36 heavy (non-hydrogen) atoms. The second kappa shape index (κ2) is 11.8. The van der Waals surface area contributed by atoms with Gasteiger partial charge in [0.05, 0.1) is 13.2 Å². The van der Waals surface area contributed by atoms with Gasteiger partial charge in [0.25, 0.3) is 0 Å². The van der Waals surface area contributed by atoms with Crippen molar-refractivity contribution in [2.75, 3.05) is 13.2 Å². The minimum atomic E-state index is -0.961. The van der Waals surface area contributed by atoms with Gasteiger partial charge < -0.3 is 9.47 Å². The highest BCUT2D eigenvalue weighted by Crippen LogP contribution is 2.34. The molecular weight excluding hydrogens is 468 g/mol. The lowest BCUT2D eigenvalue weighted by Crippen LogP contribution is -2.31. The molecule has 0 saturated carbocycles. The maximum Gasteiger partial charge on any atom is 0.166 e. The Morgan fingerprint density at radius 2 is 1.36 bits per heavy atom. The van der Waals surface area contributed by atoms with Gasteiger partial charge in [-0.05, 0) is 42.0 Å². The minimum absolute atomic E-state index is 0.0922. The molecule has 0 N–H and O–H groups in total. The van der Waals surface area contributed by atoms with Crippen LogP contribution in [0.4, 0.5) is 17.6 Å². The molecule has 2 nitrogen and oxygen atoms in total. The molecule has 4 rings (SSSR count). The van der Waals surface area contributed by atoms with Crippen molar-refractivity contribution in [3.63, 3.8) is 0 Å². The van der Waals surface area contributed by atoms with Gasteiger partial charge in [0.2, 0.25) is 0 Å². The molecule has 0 aromatic heterocycles. The highest BCUT2D eigenvalue weighted by Gasteiger charge is 2.27. The van der Waals surface area contributed by atoms with Gasteiger partial charge in [-0.25, -0.2) is 17.6 Å². The van der Waals surface area contributed by atoms with E-state index in [1.54, 1.807) is 42.5 Å². The molecule has 190 valence electrons. The van der Waals surface area contributed by atoms with Crippen molar-refractivity contribution in [2.24, 2.45) is 0 Å². The smallest absolute Gasteiger partial charge is 0.166 e. The fourth-order valence-corrected chi connectivity index (χ4v) is 4.50. The second-order valence-corrected chi connectivity index (χ2v) is 9.00. The van der Waals surface area contributed by atoms with Crippen LogP contribution in [0.5, 0.6) is 0 Å². The lowest BCUT2D eigenvalue weighted by molar-refractivity contribution is -0.189. The largest absolute Gasteiger partial charge is 0.352 e. The van der Waals surface area contributed by atoms with E-state index in [4.69, 9.17) is 9.47 Å². The highest BCUT2D eigenvalue weighted by atomic mass is 19.2. The summed E-state index contributed by atoms with van der Waals surface area (Å²) < 4.78 is 70.5. The van der Waals surface area contributed by atoms with Crippen LogP contribution >= 0.6 is 0 Å². The molecule has 0 radical (unpaired) electrons. The van der Waals surface area contributed by atoms with E-state index in [-0.39, 0.29) is 36.2 Å². The summed E-state index contributed by atoms with van der Waals surface area (Å²) in [5.74, 6) is -4.04. The monoisotopic (exact) mass is 498 g/mol. The first-order valence-electron chi connectivity index (χ1n) is 12.3. The van der Waals surface area contributed by atoms with Crippen molar-refractivity contribution in [1.29, 1.82) is 0 Å². The summed E-state index contributed by atoms with van der Waals surface area (Å²) in [7, 11) is 0. The molecule has 1 aliphatic heterocycles. The average Bonchev–Trinajstić information content (AvgIpc) is 2.90. The zero-order valence-corrected chi connectivity index (χ0v) is 20.5. The molecule has 0 amide bonds. The Morgan fingerprint density at radius 3 is 1.94 bits per heavy atom. The van der Waals surface area contributed by atoms with Gasteiger partial charge in [-0.2, -0.15) is 0 Å². The molecule has 1 saturated heterocycles. The molecule has 1 aliphatic rings. The van der Waals surface area contributed by atoms with Gasteiger partial charge in [-0.15, -0.1) is 0 Å². The molecule has 0 unspecified atom stereocenters. The lowest BCUT2D eigenvalue weighted by Gasteiger charge is -2.30. The van der Waals surface area contributed by atoms with Gasteiger partial charge in [0.15, 0.2) is 29.6 Å². The first-order chi connectivity index (χ1) is 17.4. The topological polar surface area (TPSA) is 18.5 Å². The van der Waals surface area contributed by atoms with Crippen LogP contribution in [0.2, 0.25) is 0 Å². The standard InChI is InChI=1S/C30H30F4O2/c1-3-5-6-8-26-35-17-22(18-36-26)25-16-15-24(29(33)30(25)34)20-11-9-19(10-12-20)23-14-13-21(7-4-2)27(31)28(23)32/h3,5,9-16,22,26H,4,6-8,17-18H2,1-2H3/b5-3+. The van der Waals surface area contributed by atoms with E-state index in [1.807, 2.05) is 26.0 Å². The third kappa shape index (κ3) is 5.55. The number of allylic oxidation sites excluding steroid dienone is 2. The van der Waals surface area contributed by atoms with Gasteiger partial charge >= 0.3 is 0 Å². The van der Waals surface area contributed by atoms with E-state index in [0.29, 0.717) is 36.0 Å². The molecule has 0 aliphatic carbocycles. The first-order valence-corrected chi connectivity index (χ1v) is 12.3. The number of halogens is 4. The van der Waals surface area contributed by atoms with Crippen molar-refractivity contribution < 1.29 is 27.0 Å². The Bertz CT molecular complexity index is 1210. The summed E-state index contributed by atoms with van der Waals surface area (Å²) in [6.45, 7) is 4.35. The molecule has 0 spiro atoms. The van der Waals surface area contributed by atoms with E-state index in [0.717, 1.165) is 6.42 Å². The van der Waals surface area contributed by atoms with E-state index in [1.165, 1.54) is 6.07 Å². The number of hydrogen-bond donors (Lipinski definition) is 0. The number of aryl methyl sites for hydroxylation is 1. The van der Waals surface area contributed by atoms with Crippen molar-refractivity contribution >= 4 is 0 Å². The zero-order valence-electron chi connectivity index (χ0n) is 20.5. The van der Waals surface area contributed by atoms with E-state index in [2.05, 4.69) is 0 Å². The Morgan fingerprint density at radius 1 is 0.778 bits per heavy atom. The molecule has 6 heteroatoms. The second-order valence-electron chi connectivity index (χ2n) is 9.00. The van der Waals surface area contributed by atoms with Crippen LogP contribution < -0.4 is 0 Å². The molecular formula is C30H30F4O2. The van der Waals surface area contributed by atoms with E-state index < -0.39 is 29.2 Å². The minimum Gasteiger partial charge on any atom is -0.352 e. The average molecular weight is 499 g/mol. The van der Waals surface area contributed by atoms with Gasteiger partial charge in [0.1, 0.15) is 0 Å². The summed E-state index contributed by atoms with van der Waals surface area (Å²) in [6, 6.07) is 12.5. The van der Waals surface area contributed by atoms with Crippen LogP contribution in [0.1, 0.15) is 50.2 Å². The van der Waals surface area contributed by atoms with Gasteiger partial charge in [-0.3, -0.25) is 0 Å². The molecule has 3 aromatic rings. The normalized spacial score (nSPS) is 18.2. The SMILES string of the molecule is C/C=C/CCC1OCC(c2ccc(-c3ccc(-c4ccc(CCC)c(F)c4F)cc3)c(F)c2F)CO1. The number of benzene rings is 3. The molecule has 0 bridgehead atoms. The maximum absolute atomic E-state index is 15.1. The van der Waals surface area contributed by atoms with Crippen LogP contribution in [0.15, 0.2) is 60.7 Å². The predicted octanol–water partition coefficient (Wildman–Crippen LogP) is 8.34. The zero-order chi connectivity index (χ0) is 25.7. The van der Waals surface area contributed by atoms with Crippen molar-refractivity contribution in [2.45, 2.75) is 51.7 Å². The summed E-state index contributed by atoms with van der Waals surface area (Å²) in [5, 5.41) is 0. The summed E-state index contributed by atoms with van der Waals surface area (Å²) in [4.78, 5) is 0. The van der Waals surface area contributed by atoms with Crippen molar-refractivity contribution in [3.05, 3.63) is 95.1 Å². The quantitative estimate of drug-likeness (QED) is 0.230. The number of ether oxygens (including phenoxy) is 2. The first kappa shape index (κ1) is 26.1. The molecule has 0 atom stereocenters. The lowest BCUT2D eigenvalue weighted by atomic mass is 9.94. The third-order valence-corrected chi connectivity index (χ3v) is 6.51. The van der Waals surface area contributed by atoms with Crippen LogP contribution in [0.3, 0.4) is 0 Å². The van der Waals surface area contributed by atoms with Gasteiger partial charge in [0, 0.05) is 23.5 Å². The fourth-order valence-electron chi connectivity index (χ4n) is 4.50. The van der Waals surface area contributed by atoms with Crippen LogP contribution in [0, 0.1) is 23.3 Å². The van der Waals surface area contributed by atoms with E-state index >= 15 is 8.78 Å².